The zero-order valence-corrected chi connectivity index (χ0v) is 11.6. The number of anilines is 1. The van der Waals surface area contributed by atoms with Crippen molar-refractivity contribution in [1.82, 2.24) is 25.1 Å². The molecule has 0 aliphatic heterocycles. The Hall–Kier alpha value is -2.97. The summed E-state index contributed by atoms with van der Waals surface area (Å²) in [6.45, 7) is 3.60. The van der Waals surface area contributed by atoms with E-state index in [4.69, 9.17) is 8.94 Å². The normalized spacial score (nSPS) is 10.8. The molecule has 0 saturated heterocycles. The van der Waals surface area contributed by atoms with Crippen LogP contribution in [0.5, 0.6) is 0 Å². The molecular formula is C12H12N6O3. The highest BCUT2D eigenvalue weighted by molar-refractivity contribution is 6.01. The van der Waals surface area contributed by atoms with Crippen LogP contribution >= 0.6 is 0 Å². The van der Waals surface area contributed by atoms with Gasteiger partial charge >= 0.3 is 6.01 Å². The number of nitrogens with one attached hydrogen (secondary N) is 1. The Morgan fingerprint density at radius 1 is 1.29 bits per heavy atom. The molecule has 0 saturated carbocycles. The Morgan fingerprint density at radius 3 is 2.71 bits per heavy atom. The van der Waals surface area contributed by atoms with Crippen LogP contribution in [-0.4, -0.2) is 31.0 Å². The summed E-state index contributed by atoms with van der Waals surface area (Å²) in [4.78, 5) is 11.9. The van der Waals surface area contributed by atoms with Crippen molar-refractivity contribution < 1.29 is 13.7 Å². The molecule has 108 valence electrons. The highest BCUT2D eigenvalue weighted by Crippen LogP contribution is 2.19. The molecule has 0 atom stereocenters. The van der Waals surface area contributed by atoms with E-state index in [0.717, 1.165) is 5.69 Å². The zero-order chi connectivity index (χ0) is 15.0. The number of carbonyl (C=O) groups excluding carboxylic acids is 1. The molecule has 0 aliphatic rings. The first kappa shape index (κ1) is 13.0. The van der Waals surface area contributed by atoms with Gasteiger partial charge in [-0.15, -0.1) is 5.10 Å². The molecule has 0 spiro atoms. The second-order valence-electron chi connectivity index (χ2n) is 4.48. The number of nitrogens with zero attached hydrogens (tertiary/aromatic N) is 5. The molecule has 1 N–H and O–H groups in total. The third-order valence-electron chi connectivity index (χ3n) is 2.84. The van der Waals surface area contributed by atoms with Crippen LogP contribution < -0.4 is 5.32 Å². The summed E-state index contributed by atoms with van der Waals surface area (Å²) in [6.07, 6.45) is 0. The SMILES string of the molecule is Cc1cc(C(=O)Nc2nnc(-c3cc(C)n(C)n3)o2)no1. The number of aryl methyl sites for hydroxylation is 3. The zero-order valence-electron chi connectivity index (χ0n) is 11.6. The molecule has 0 fully saturated rings. The fraction of sp³-hybridized carbons (Fsp3) is 0.250. The van der Waals surface area contributed by atoms with Gasteiger partial charge in [0.2, 0.25) is 0 Å². The third-order valence-corrected chi connectivity index (χ3v) is 2.84. The van der Waals surface area contributed by atoms with E-state index >= 15 is 0 Å². The monoisotopic (exact) mass is 288 g/mol. The average Bonchev–Trinajstić information content (AvgIpc) is 3.12. The van der Waals surface area contributed by atoms with E-state index in [1.54, 1.807) is 17.7 Å². The maximum absolute atomic E-state index is 11.9. The molecule has 3 rings (SSSR count). The van der Waals surface area contributed by atoms with Crippen molar-refractivity contribution in [3.05, 3.63) is 29.3 Å². The van der Waals surface area contributed by atoms with Crippen molar-refractivity contribution in [2.75, 3.05) is 5.32 Å². The van der Waals surface area contributed by atoms with Gasteiger partial charge in [0, 0.05) is 18.8 Å². The van der Waals surface area contributed by atoms with Gasteiger partial charge in [-0.25, -0.2) is 0 Å². The molecule has 0 radical (unpaired) electrons. The Labute approximate surface area is 118 Å². The van der Waals surface area contributed by atoms with Crippen LogP contribution in [0.15, 0.2) is 21.1 Å². The van der Waals surface area contributed by atoms with Crippen LogP contribution in [0.3, 0.4) is 0 Å². The van der Waals surface area contributed by atoms with Gasteiger partial charge in [0.05, 0.1) is 0 Å². The lowest BCUT2D eigenvalue weighted by Crippen LogP contribution is -2.12. The molecule has 3 aromatic rings. The number of carbonyl (C=O) groups is 1. The van der Waals surface area contributed by atoms with Crippen LogP contribution in [0.25, 0.3) is 11.6 Å². The molecule has 21 heavy (non-hydrogen) atoms. The van der Waals surface area contributed by atoms with Crippen molar-refractivity contribution in [2.24, 2.45) is 7.05 Å². The van der Waals surface area contributed by atoms with E-state index in [0.29, 0.717) is 11.5 Å². The molecule has 3 aromatic heterocycles. The highest BCUT2D eigenvalue weighted by Gasteiger charge is 2.17. The van der Waals surface area contributed by atoms with E-state index in [9.17, 15) is 4.79 Å². The molecule has 0 aliphatic carbocycles. The minimum atomic E-state index is -0.487. The summed E-state index contributed by atoms with van der Waals surface area (Å²) >= 11 is 0. The standard InChI is InChI=1S/C12H12N6O3/c1-6-4-9(16-18(6)3)11-14-15-12(20-11)13-10(19)8-5-7(2)21-17-8/h4-5H,1-3H3,(H,13,15,19). The van der Waals surface area contributed by atoms with Gasteiger partial charge < -0.3 is 8.94 Å². The predicted octanol–water partition coefficient (Wildman–Crippen LogP) is 1.33. The summed E-state index contributed by atoms with van der Waals surface area (Å²) in [7, 11) is 1.81. The fourth-order valence-electron chi connectivity index (χ4n) is 1.68. The maximum Gasteiger partial charge on any atom is 0.322 e. The van der Waals surface area contributed by atoms with Crippen molar-refractivity contribution in [2.45, 2.75) is 13.8 Å². The molecule has 0 unspecified atom stereocenters. The van der Waals surface area contributed by atoms with Gasteiger partial charge in [0.15, 0.2) is 5.69 Å². The predicted molar refractivity (Wildman–Crippen MR) is 70.4 cm³/mol. The summed E-state index contributed by atoms with van der Waals surface area (Å²) in [5.41, 5.74) is 1.63. The molecule has 1 amide bonds. The minimum Gasteiger partial charge on any atom is -0.401 e. The second-order valence-corrected chi connectivity index (χ2v) is 4.48. The van der Waals surface area contributed by atoms with Crippen molar-refractivity contribution in [1.29, 1.82) is 0 Å². The lowest BCUT2D eigenvalue weighted by Gasteiger charge is -1.94. The summed E-state index contributed by atoms with van der Waals surface area (Å²) in [5, 5.41) is 17.9. The second kappa shape index (κ2) is 4.85. The van der Waals surface area contributed by atoms with E-state index in [-0.39, 0.29) is 17.6 Å². The summed E-state index contributed by atoms with van der Waals surface area (Å²) < 4.78 is 11.9. The van der Waals surface area contributed by atoms with E-state index < -0.39 is 5.91 Å². The van der Waals surface area contributed by atoms with E-state index in [2.05, 4.69) is 25.8 Å². The first-order valence-corrected chi connectivity index (χ1v) is 6.12. The van der Waals surface area contributed by atoms with Gasteiger partial charge in [-0.2, -0.15) is 5.10 Å². The Bertz CT molecular complexity index is 780. The van der Waals surface area contributed by atoms with Crippen LogP contribution in [0.2, 0.25) is 0 Å². The smallest absolute Gasteiger partial charge is 0.322 e. The molecule has 9 nitrogen and oxygen atoms in total. The average molecular weight is 288 g/mol. The van der Waals surface area contributed by atoms with Crippen molar-refractivity contribution >= 4 is 11.9 Å². The largest absolute Gasteiger partial charge is 0.401 e. The number of aromatic nitrogens is 5. The first-order chi connectivity index (χ1) is 10.0. The summed E-state index contributed by atoms with van der Waals surface area (Å²) in [5.74, 6) is 0.278. The quantitative estimate of drug-likeness (QED) is 0.773. The van der Waals surface area contributed by atoms with E-state index in [1.807, 2.05) is 14.0 Å². The Balaban J connectivity index is 1.77. The Morgan fingerprint density at radius 2 is 2.10 bits per heavy atom. The van der Waals surface area contributed by atoms with Crippen LogP contribution in [0.4, 0.5) is 6.01 Å². The molecule has 0 aromatic carbocycles. The van der Waals surface area contributed by atoms with Gasteiger partial charge in [0.25, 0.3) is 11.8 Å². The van der Waals surface area contributed by atoms with Gasteiger partial charge in [-0.1, -0.05) is 10.3 Å². The minimum absolute atomic E-state index is 0.0287. The highest BCUT2D eigenvalue weighted by atomic mass is 16.5. The van der Waals surface area contributed by atoms with Gasteiger partial charge in [0.1, 0.15) is 11.5 Å². The maximum atomic E-state index is 11.9. The summed E-state index contributed by atoms with van der Waals surface area (Å²) in [6, 6.07) is 3.29. The van der Waals surface area contributed by atoms with Crippen LogP contribution in [0, 0.1) is 13.8 Å². The number of amides is 1. The van der Waals surface area contributed by atoms with Gasteiger partial charge in [-0.3, -0.25) is 14.8 Å². The number of hydrogen-bond acceptors (Lipinski definition) is 7. The molecule has 0 bridgehead atoms. The lowest BCUT2D eigenvalue weighted by molar-refractivity contribution is 0.101. The third kappa shape index (κ3) is 2.53. The van der Waals surface area contributed by atoms with E-state index in [1.165, 1.54) is 6.07 Å². The number of hydrogen-bond donors (Lipinski definition) is 1. The van der Waals surface area contributed by atoms with Crippen LogP contribution in [-0.2, 0) is 7.05 Å². The molecular weight excluding hydrogens is 276 g/mol. The van der Waals surface area contributed by atoms with Crippen molar-refractivity contribution in [3.63, 3.8) is 0 Å². The van der Waals surface area contributed by atoms with Crippen LogP contribution in [0.1, 0.15) is 21.9 Å². The molecule has 9 heteroatoms. The van der Waals surface area contributed by atoms with Crippen molar-refractivity contribution in [3.8, 4) is 11.6 Å². The lowest BCUT2D eigenvalue weighted by atomic mass is 10.3. The Kier molecular flexibility index (Phi) is 3.01. The topological polar surface area (TPSA) is 112 Å². The molecule has 3 heterocycles. The number of rotatable bonds is 3. The fourth-order valence-corrected chi connectivity index (χ4v) is 1.68. The van der Waals surface area contributed by atoms with Gasteiger partial charge in [-0.05, 0) is 19.9 Å². The first-order valence-electron chi connectivity index (χ1n) is 6.12.